The molecule has 0 aliphatic carbocycles. The molecule has 0 aliphatic rings. The Morgan fingerprint density at radius 3 is 3.05 bits per heavy atom. The topological polar surface area (TPSA) is 67.0 Å². The predicted octanol–water partition coefficient (Wildman–Crippen LogP) is 1.84. The Labute approximate surface area is 118 Å². The summed E-state index contributed by atoms with van der Waals surface area (Å²) in [5.74, 6) is 0.590. The van der Waals surface area contributed by atoms with Crippen LogP contribution in [-0.4, -0.2) is 28.5 Å². The molecule has 0 spiro atoms. The summed E-state index contributed by atoms with van der Waals surface area (Å²) in [6.45, 7) is 4.29. The van der Waals surface area contributed by atoms with Crippen molar-refractivity contribution in [1.29, 1.82) is 0 Å². The van der Waals surface area contributed by atoms with E-state index in [0.29, 0.717) is 12.3 Å². The third-order valence-corrected chi connectivity index (χ3v) is 2.92. The Morgan fingerprint density at radius 2 is 2.35 bits per heavy atom. The molecule has 0 fully saturated rings. The van der Waals surface area contributed by atoms with E-state index in [-0.39, 0.29) is 5.91 Å². The van der Waals surface area contributed by atoms with E-state index in [2.05, 4.69) is 15.3 Å². The van der Waals surface area contributed by atoms with Crippen LogP contribution in [0, 0.1) is 6.92 Å². The molecule has 1 aromatic heterocycles. The summed E-state index contributed by atoms with van der Waals surface area (Å²) in [4.78, 5) is 18.8. The highest BCUT2D eigenvalue weighted by Gasteiger charge is 2.14. The molecular formula is C15H19N3O2. The number of aromatic amines is 1. The molecule has 0 saturated heterocycles. The lowest BCUT2D eigenvalue weighted by Crippen LogP contribution is -2.37. The smallest absolute Gasteiger partial charge is 0.260 e. The van der Waals surface area contributed by atoms with E-state index in [4.69, 9.17) is 4.74 Å². The van der Waals surface area contributed by atoms with Crippen LogP contribution in [0.5, 0.6) is 5.75 Å². The largest absolute Gasteiger partial charge is 0.481 e. The van der Waals surface area contributed by atoms with Crippen molar-refractivity contribution in [2.24, 2.45) is 0 Å². The third kappa shape index (κ3) is 4.12. The fraction of sp³-hybridized carbons (Fsp3) is 0.333. The van der Waals surface area contributed by atoms with Gasteiger partial charge in [0.2, 0.25) is 0 Å². The summed E-state index contributed by atoms with van der Waals surface area (Å²) in [5, 5.41) is 2.84. The summed E-state index contributed by atoms with van der Waals surface area (Å²) in [6.07, 6.45) is 3.58. The van der Waals surface area contributed by atoms with Gasteiger partial charge in [-0.05, 0) is 31.5 Å². The van der Waals surface area contributed by atoms with Gasteiger partial charge in [0, 0.05) is 24.9 Å². The molecule has 5 nitrogen and oxygen atoms in total. The molecule has 20 heavy (non-hydrogen) atoms. The highest BCUT2D eigenvalue weighted by Crippen LogP contribution is 2.14. The van der Waals surface area contributed by atoms with Crippen LogP contribution in [0.25, 0.3) is 0 Å². The van der Waals surface area contributed by atoms with E-state index in [1.807, 2.05) is 31.2 Å². The first-order valence-corrected chi connectivity index (χ1v) is 6.63. The minimum absolute atomic E-state index is 0.119. The number of H-pyrrole nitrogens is 1. The van der Waals surface area contributed by atoms with Crippen LogP contribution < -0.4 is 10.1 Å². The summed E-state index contributed by atoms with van der Waals surface area (Å²) in [6, 6.07) is 7.66. The number of benzene rings is 1. The van der Waals surface area contributed by atoms with Gasteiger partial charge in [0.05, 0.1) is 6.33 Å². The molecule has 1 atom stereocenters. The lowest BCUT2D eigenvalue weighted by atomic mass is 10.2. The fourth-order valence-electron chi connectivity index (χ4n) is 1.83. The van der Waals surface area contributed by atoms with E-state index in [9.17, 15) is 4.79 Å². The lowest BCUT2D eigenvalue weighted by molar-refractivity contribution is -0.127. The van der Waals surface area contributed by atoms with Crippen molar-refractivity contribution < 1.29 is 9.53 Å². The summed E-state index contributed by atoms with van der Waals surface area (Å²) in [7, 11) is 0. The Hall–Kier alpha value is -2.30. The minimum atomic E-state index is -0.515. The number of rotatable bonds is 6. The number of nitrogens with zero attached hydrogens (tertiary/aromatic N) is 1. The van der Waals surface area contributed by atoms with Crippen LogP contribution in [0.1, 0.15) is 18.2 Å². The van der Waals surface area contributed by atoms with Crippen molar-refractivity contribution in [3.63, 3.8) is 0 Å². The molecule has 5 heteroatoms. The number of ether oxygens (including phenoxy) is 1. The molecule has 1 amide bonds. The van der Waals surface area contributed by atoms with Gasteiger partial charge in [-0.2, -0.15) is 0 Å². The van der Waals surface area contributed by atoms with Crippen molar-refractivity contribution in [1.82, 2.24) is 15.3 Å². The van der Waals surface area contributed by atoms with Gasteiger partial charge in [-0.25, -0.2) is 4.98 Å². The van der Waals surface area contributed by atoms with Gasteiger partial charge in [-0.15, -0.1) is 0 Å². The summed E-state index contributed by atoms with van der Waals surface area (Å²) in [5.41, 5.74) is 2.10. The Bertz CT molecular complexity index is 552. The number of hydrogen-bond donors (Lipinski definition) is 2. The quantitative estimate of drug-likeness (QED) is 0.844. The molecule has 2 aromatic rings. The Balaban J connectivity index is 1.77. The van der Waals surface area contributed by atoms with Crippen molar-refractivity contribution in [3.8, 4) is 5.75 Å². The number of nitrogens with one attached hydrogen (secondary N) is 2. The lowest BCUT2D eigenvalue weighted by Gasteiger charge is -2.14. The molecule has 2 rings (SSSR count). The van der Waals surface area contributed by atoms with E-state index in [1.54, 1.807) is 19.4 Å². The van der Waals surface area contributed by atoms with Crippen LogP contribution in [-0.2, 0) is 11.2 Å². The van der Waals surface area contributed by atoms with Crippen LogP contribution in [0.4, 0.5) is 0 Å². The molecule has 0 bridgehead atoms. The summed E-state index contributed by atoms with van der Waals surface area (Å²) < 4.78 is 5.61. The monoisotopic (exact) mass is 273 g/mol. The van der Waals surface area contributed by atoms with Crippen molar-refractivity contribution in [2.75, 3.05) is 6.54 Å². The number of carbonyl (C=O) groups is 1. The van der Waals surface area contributed by atoms with Crippen LogP contribution in [0.3, 0.4) is 0 Å². The molecule has 0 aliphatic heterocycles. The zero-order chi connectivity index (χ0) is 14.4. The van der Waals surface area contributed by atoms with Crippen molar-refractivity contribution in [2.45, 2.75) is 26.4 Å². The standard InChI is InChI=1S/C15H19N3O2/c1-11-4-3-5-14(8-11)20-12(2)15(19)17-7-6-13-9-16-10-18-13/h3-5,8-10,12H,6-7H2,1-2H3,(H,16,18)(H,17,19). The Morgan fingerprint density at radius 1 is 1.50 bits per heavy atom. The van der Waals surface area contributed by atoms with Crippen molar-refractivity contribution >= 4 is 5.91 Å². The number of aryl methyl sites for hydroxylation is 1. The van der Waals surface area contributed by atoms with Gasteiger partial charge in [-0.1, -0.05) is 12.1 Å². The first-order chi connectivity index (χ1) is 9.65. The average molecular weight is 273 g/mol. The van der Waals surface area contributed by atoms with E-state index in [1.165, 1.54) is 0 Å². The summed E-state index contributed by atoms with van der Waals surface area (Å²) >= 11 is 0. The second-order valence-corrected chi connectivity index (χ2v) is 4.69. The number of aromatic nitrogens is 2. The van der Waals surface area contributed by atoms with Crippen LogP contribution >= 0.6 is 0 Å². The SMILES string of the molecule is Cc1cccc(OC(C)C(=O)NCCc2cnc[nH]2)c1. The van der Waals surface area contributed by atoms with Crippen LogP contribution in [0.15, 0.2) is 36.8 Å². The molecule has 1 unspecified atom stereocenters. The maximum absolute atomic E-state index is 11.9. The number of carbonyl (C=O) groups excluding carboxylic acids is 1. The Kier molecular flexibility index (Phi) is 4.76. The molecule has 106 valence electrons. The van der Waals surface area contributed by atoms with Gasteiger partial charge >= 0.3 is 0 Å². The molecule has 0 saturated carbocycles. The maximum Gasteiger partial charge on any atom is 0.260 e. The second kappa shape index (κ2) is 6.75. The van der Waals surface area contributed by atoms with Gasteiger partial charge in [-0.3, -0.25) is 4.79 Å². The van der Waals surface area contributed by atoms with Gasteiger partial charge in [0.1, 0.15) is 5.75 Å². The molecule has 2 N–H and O–H groups in total. The normalized spacial score (nSPS) is 11.9. The molecule has 0 radical (unpaired) electrons. The molecule has 1 heterocycles. The fourth-order valence-corrected chi connectivity index (χ4v) is 1.83. The van der Waals surface area contributed by atoms with Crippen LogP contribution in [0.2, 0.25) is 0 Å². The highest BCUT2D eigenvalue weighted by atomic mass is 16.5. The number of hydrogen-bond acceptors (Lipinski definition) is 3. The highest BCUT2D eigenvalue weighted by molar-refractivity contribution is 5.80. The zero-order valence-electron chi connectivity index (χ0n) is 11.7. The molecule has 1 aromatic carbocycles. The van der Waals surface area contributed by atoms with Gasteiger partial charge in [0.15, 0.2) is 6.10 Å². The maximum atomic E-state index is 11.9. The zero-order valence-corrected chi connectivity index (χ0v) is 11.7. The first kappa shape index (κ1) is 14.1. The average Bonchev–Trinajstić information content (AvgIpc) is 2.91. The molecular weight excluding hydrogens is 254 g/mol. The van der Waals surface area contributed by atoms with Gasteiger partial charge < -0.3 is 15.0 Å². The van der Waals surface area contributed by atoms with E-state index in [0.717, 1.165) is 17.7 Å². The number of imidazole rings is 1. The van der Waals surface area contributed by atoms with E-state index < -0.39 is 6.10 Å². The van der Waals surface area contributed by atoms with E-state index >= 15 is 0 Å². The van der Waals surface area contributed by atoms with Gasteiger partial charge in [0.25, 0.3) is 5.91 Å². The third-order valence-electron chi connectivity index (χ3n) is 2.92. The second-order valence-electron chi connectivity index (χ2n) is 4.69. The van der Waals surface area contributed by atoms with Crippen molar-refractivity contribution in [3.05, 3.63) is 48.0 Å². The first-order valence-electron chi connectivity index (χ1n) is 6.63. The number of amides is 1. The minimum Gasteiger partial charge on any atom is -0.481 e. The predicted molar refractivity (Wildman–Crippen MR) is 76.6 cm³/mol.